The highest BCUT2D eigenvalue weighted by Gasteiger charge is 2.39. The summed E-state index contributed by atoms with van der Waals surface area (Å²) in [6, 6.07) is 48.1. The Morgan fingerprint density at radius 2 is 0.984 bits per heavy atom. The molecule has 0 bridgehead atoms. The van der Waals surface area contributed by atoms with Gasteiger partial charge in [-0.05, 0) is 94.3 Å². The van der Waals surface area contributed by atoms with Crippen molar-refractivity contribution >= 4 is 30.0 Å². The van der Waals surface area contributed by atoms with E-state index >= 15 is 0 Å². The molecule has 2 atom stereocenters. The molecule has 0 fully saturated rings. The van der Waals surface area contributed by atoms with Gasteiger partial charge in [0.15, 0.2) is 0 Å². The van der Waals surface area contributed by atoms with Crippen molar-refractivity contribution in [3.05, 3.63) is 206 Å². The molecule has 64 heavy (non-hydrogen) atoms. The van der Waals surface area contributed by atoms with E-state index in [9.17, 15) is 19.7 Å². The second-order valence-electron chi connectivity index (χ2n) is 16.4. The van der Waals surface area contributed by atoms with Crippen LogP contribution < -0.4 is 16.0 Å². The molecule has 3 N–H and O–H groups in total. The van der Waals surface area contributed by atoms with Crippen molar-refractivity contribution in [3.63, 3.8) is 0 Å². The molecule has 1 aliphatic heterocycles. The fourth-order valence-corrected chi connectivity index (χ4v) is 8.53. The van der Waals surface area contributed by atoms with Crippen LogP contribution in [0.25, 0.3) is 0 Å². The number of nitro groups is 1. The largest absolute Gasteiger partial charge is 0.458 e. The van der Waals surface area contributed by atoms with Gasteiger partial charge < -0.3 is 25.4 Å². The van der Waals surface area contributed by atoms with Crippen LogP contribution in [-0.4, -0.2) is 55.2 Å². The Labute approximate surface area is 384 Å². The quantitative estimate of drug-likeness (QED) is 0.0269. The molecule has 0 saturated carbocycles. The predicted molar refractivity (Wildman–Crippen MR) is 256 cm³/mol. The zero-order chi connectivity index (χ0) is 44.6. The molecule has 5 aromatic carbocycles. The lowest BCUT2D eigenvalue weighted by molar-refractivity contribution is -0.384. The first-order chi connectivity index (χ1) is 30.6. The zero-order valence-corrected chi connectivity index (χ0v) is 38.0. The summed E-state index contributed by atoms with van der Waals surface area (Å²) in [7, 11) is 0. The lowest BCUT2D eigenvalue weighted by atomic mass is 9.80. The van der Waals surface area contributed by atoms with Gasteiger partial charge in [0.05, 0.1) is 22.0 Å². The van der Waals surface area contributed by atoms with Crippen LogP contribution in [0.4, 0.5) is 5.69 Å². The number of carbonyl (C=O) groups excluding carboxylic acids is 2. The summed E-state index contributed by atoms with van der Waals surface area (Å²) in [5.74, 6) is -1.66. The first-order valence-corrected chi connectivity index (χ1v) is 22.1. The van der Waals surface area contributed by atoms with Gasteiger partial charge in [-0.15, -0.1) is 12.4 Å². The number of rotatable bonds is 22. The van der Waals surface area contributed by atoms with Crippen LogP contribution in [0.3, 0.4) is 0 Å². The van der Waals surface area contributed by atoms with Gasteiger partial charge in [-0.2, -0.15) is 0 Å². The van der Waals surface area contributed by atoms with Crippen molar-refractivity contribution in [1.82, 2.24) is 16.0 Å². The minimum Gasteiger partial charge on any atom is -0.458 e. The minimum atomic E-state index is -0.965. The van der Waals surface area contributed by atoms with E-state index in [1.54, 1.807) is 26.0 Å². The van der Waals surface area contributed by atoms with Crippen molar-refractivity contribution in [1.29, 1.82) is 0 Å². The predicted octanol–water partition coefficient (Wildman–Crippen LogP) is 10.5. The number of esters is 2. The molecule has 0 amide bonds. The maximum absolute atomic E-state index is 14.2. The normalized spacial score (nSPS) is 14.7. The highest BCUT2D eigenvalue weighted by molar-refractivity contribution is 6.00. The summed E-state index contributed by atoms with van der Waals surface area (Å²) in [4.78, 5) is 39.8. The second-order valence-corrected chi connectivity index (χ2v) is 16.4. The Morgan fingerprint density at radius 1 is 0.609 bits per heavy atom. The average Bonchev–Trinajstić information content (AvgIpc) is 3.29. The van der Waals surface area contributed by atoms with Crippen LogP contribution in [0.1, 0.15) is 98.9 Å². The smallest absolute Gasteiger partial charge is 0.337 e. The molecule has 0 spiro atoms. The first kappa shape index (κ1) is 49.0. The third kappa shape index (κ3) is 13.5. The fourth-order valence-electron chi connectivity index (χ4n) is 8.53. The average molecular weight is 886 g/mol. The maximum atomic E-state index is 14.2. The number of hydrogen-bond acceptors (Lipinski definition) is 9. The molecule has 11 heteroatoms. The number of nitro benzene ring substituents is 1. The Hall–Kier alpha value is -6.07. The molecule has 1 heterocycles. The van der Waals surface area contributed by atoms with Crippen LogP contribution >= 0.6 is 12.4 Å². The summed E-state index contributed by atoms with van der Waals surface area (Å²) < 4.78 is 12.1. The minimum absolute atomic E-state index is 0. The van der Waals surface area contributed by atoms with Gasteiger partial charge in [-0.25, -0.2) is 9.59 Å². The first-order valence-electron chi connectivity index (χ1n) is 22.1. The highest BCUT2D eigenvalue weighted by atomic mass is 35.5. The molecule has 2 unspecified atom stereocenters. The summed E-state index contributed by atoms with van der Waals surface area (Å²) in [5, 5.41) is 22.0. The Bertz CT molecular complexity index is 2110. The molecular weight excluding hydrogens is 824 g/mol. The summed E-state index contributed by atoms with van der Waals surface area (Å²) in [6.45, 7) is 9.43. The number of non-ortho nitro benzene ring substituents is 1. The van der Waals surface area contributed by atoms with Crippen LogP contribution in [0.2, 0.25) is 0 Å². The number of carbonyl (C=O) groups is 2. The van der Waals surface area contributed by atoms with E-state index in [0.717, 1.165) is 38.8 Å². The third-order valence-corrected chi connectivity index (χ3v) is 11.6. The second kappa shape index (κ2) is 24.7. The van der Waals surface area contributed by atoms with E-state index in [0.29, 0.717) is 30.0 Å². The Balaban J connectivity index is 0.00000771. The molecule has 6 rings (SSSR count). The third-order valence-electron chi connectivity index (χ3n) is 11.6. The molecular formula is C53H61ClN4O6. The van der Waals surface area contributed by atoms with E-state index in [-0.39, 0.29) is 41.1 Å². The number of nitrogens with zero attached hydrogens (tertiary/aromatic N) is 1. The molecule has 336 valence electrons. The van der Waals surface area contributed by atoms with Crippen molar-refractivity contribution in [3.8, 4) is 0 Å². The lowest BCUT2D eigenvalue weighted by Gasteiger charge is -2.31. The molecule has 5 aromatic rings. The van der Waals surface area contributed by atoms with Gasteiger partial charge in [0.2, 0.25) is 0 Å². The van der Waals surface area contributed by atoms with E-state index in [1.165, 1.54) is 34.4 Å². The van der Waals surface area contributed by atoms with Crippen LogP contribution in [0, 0.1) is 10.1 Å². The monoisotopic (exact) mass is 884 g/mol. The highest BCUT2D eigenvalue weighted by Crippen LogP contribution is 2.40. The molecule has 0 aromatic heterocycles. The van der Waals surface area contributed by atoms with E-state index in [1.807, 2.05) is 38.1 Å². The number of hydrogen-bond donors (Lipinski definition) is 3. The van der Waals surface area contributed by atoms with Gasteiger partial charge in [0.1, 0.15) is 12.2 Å². The number of dihydropyridines is 1. The van der Waals surface area contributed by atoms with Gasteiger partial charge in [-0.3, -0.25) is 10.1 Å². The maximum Gasteiger partial charge on any atom is 0.337 e. The zero-order valence-electron chi connectivity index (χ0n) is 37.2. The number of allylic oxidation sites excluding steroid dienone is 2. The van der Waals surface area contributed by atoms with Crippen LogP contribution in [-0.2, 0) is 19.1 Å². The number of benzene rings is 5. The Morgan fingerprint density at radius 3 is 1.34 bits per heavy atom. The molecule has 0 saturated heterocycles. The molecule has 10 nitrogen and oxygen atoms in total. The van der Waals surface area contributed by atoms with E-state index in [4.69, 9.17) is 9.47 Å². The van der Waals surface area contributed by atoms with Gasteiger partial charge in [0, 0.05) is 48.5 Å². The number of halogens is 1. The van der Waals surface area contributed by atoms with Gasteiger partial charge in [0.25, 0.3) is 5.69 Å². The SMILES string of the molecule is CC1=C(C(=O)OC(C)CNCCCC(c2ccccc2)c2ccccc2)C(c2cccc([N+](=O)[O-])c2)C(C(=O)OC(C)CNCCCC(c2ccccc2)c2ccccc2)=C(C)N1.Cl. The van der Waals surface area contributed by atoms with Gasteiger partial charge in [-0.1, -0.05) is 133 Å². The standard InChI is InChI=1S/C53H60N4O6.ClH/c1-37(35-54-32-18-30-47(41-20-9-5-10-21-41)42-22-11-6-12-23-42)62-52(58)49-39(3)56-40(4)50(51(49)45-28-17-29-46(34-45)57(60)61)53(59)63-38(2)36-55-33-19-31-48(43-24-13-7-14-25-43)44-26-15-8-16-27-44;/h5-17,20-29,34,37-38,47-48,51,54-56H,18-19,30-33,35-36H2,1-4H3;1H. The molecule has 0 aliphatic carbocycles. The molecule has 1 aliphatic rings. The van der Waals surface area contributed by atoms with E-state index in [2.05, 4.69) is 113 Å². The van der Waals surface area contributed by atoms with Crippen molar-refractivity contribution in [2.24, 2.45) is 0 Å². The van der Waals surface area contributed by atoms with Gasteiger partial charge >= 0.3 is 11.9 Å². The van der Waals surface area contributed by atoms with Crippen molar-refractivity contribution in [2.45, 2.75) is 83.3 Å². The lowest BCUT2D eigenvalue weighted by Crippen LogP contribution is -2.36. The molecule has 0 radical (unpaired) electrons. The number of nitrogens with one attached hydrogen (secondary N) is 3. The van der Waals surface area contributed by atoms with Crippen LogP contribution in [0.5, 0.6) is 0 Å². The summed E-state index contributed by atoms with van der Waals surface area (Å²) in [5.41, 5.74) is 6.75. The topological polar surface area (TPSA) is 132 Å². The fraction of sp³-hybridized carbons (Fsp3) is 0.321. The number of ether oxygens (including phenoxy) is 2. The summed E-state index contributed by atoms with van der Waals surface area (Å²) >= 11 is 0. The summed E-state index contributed by atoms with van der Waals surface area (Å²) in [6.07, 6.45) is 2.69. The van der Waals surface area contributed by atoms with Crippen molar-refractivity contribution < 1.29 is 24.0 Å². The van der Waals surface area contributed by atoms with Crippen molar-refractivity contribution in [2.75, 3.05) is 26.2 Å². The Kier molecular flexibility index (Phi) is 18.9. The van der Waals surface area contributed by atoms with Crippen LogP contribution in [0.15, 0.2) is 168 Å². The van der Waals surface area contributed by atoms with E-state index < -0.39 is 35.0 Å².